The van der Waals surface area contributed by atoms with Crippen molar-refractivity contribution in [3.8, 4) is 0 Å². The number of nitrogens with one attached hydrogen (secondary N) is 3. The number of benzene rings is 1. The van der Waals surface area contributed by atoms with E-state index >= 15 is 0 Å². The number of alkyl halides is 3. The molecule has 10 nitrogen and oxygen atoms in total. The van der Waals surface area contributed by atoms with Crippen molar-refractivity contribution in [1.29, 1.82) is 0 Å². The summed E-state index contributed by atoms with van der Waals surface area (Å²) < 4.78 is 38.5. The zero-order valence-corrected chi connectivity index (χ0v) is 16.4. The van der Waals surface area contributed by atoms with Crippen LogP contribution in [0.5, 0.6) is 0 Å². The number of nitrogen functional groups attached to an aromatic ring is 1. The summed E-state index contributed by atoms with van der Waals surface area (Å²) in [6.07, 6.45) is -3.33. The monoisotopic (exact) mass is 443 g/mol. The van der Waals surface area contributed by atoms with Crippen LogP contribution in [0.25, 0.3) is 11.2 Å². The number of hydrogen-bond donors (Lipinski definition) is 4. The SMILES string of the molecule is CC(C)C(=O)Nc1ccc([N+](=O)[O-])c(C(F)(F)F)c1.Nc1nc2nc[nH]c2c(=S)[nH]1. The predicted octanol–water partition coefficient (Wildman–Crippen LogP) is 3.81. The number of nitrogens with two attached hydrogens (primary N) is 1. The average molecular weight is 443 g/mol. The molecule has 0 saturated heterocycles. The molecule has 3 aromatic rings. The molecule has 0 fully saturated rings. The third kappa shape index (κ3) is 5.50. The Balaban J connectivity index is 0.000000244. The fourth-order valence-electron chi connectivity index (χ4n) is 2.15. The van der Waals surface area contributed by atoms with Crippen molar-refractivity contribution in [3.05, 3.63) is 44.8 Å². The minimum Gasteiger partial charge on any atom is -0.369 e. The molecular weight excluding hydrogens is 427 g/mol. The van der Waals surface area contributed by atoms with E-state index in [-0.39, 0.29) is 11.6 Å². The van der Waals surface area contributed by atoms with Crippen LogP contribution in [0.4, 0.5) is 30.5 Å². The van der Waals surface area contributed by atoms with Gasteiger partial charge < -0.3 is 21.0 Å². The van der Waals surface area contributed by atoms with Crippen LogP contribution in [0.2, 0.25) is 0 Å². The summed E-state index contributed by atoms with van der Waals surface area (Å²) in [5.41, 5.74) is 4.10. The van der Waals surface area contributed by atoms with E-state index in [0.717, 1.165) is 12.1 Å². The highest BCUT2D eigenvalue weighted by Crippen LogP contribution is 2.37. The van der Waals surface area contributed by atoms with Gasteiger partial charge in [0.05, 0.1) is 11.3 Å². The Hall–Kier alpha value is -3.55. The Bertz CT molecular complexity index is 1140. The van der Waals surface area contributed by atoms with E-state index in [0.29, 0.717) is 21.9 Å². The van der Waals surface area contributed by atoms with Gasteiger partial charge in [0.15, 0.2) is 5.65 Å². The number of aromatic amines is 2. The maximum atomic E-state index is 12.7. The van der Waals surface area contributed by atoms with Crippen molar-refractivity contribution in [2.75, 3.05) is 11.1 Å². The van der Waals surface area contributed by atoms with Crippen LogP contribution >= 0.6 is 12.2 Å². The van der Waals surface area contributed by atoms with Crippen molar-refractivity contribution < 1.29 is 22.9 Å². The number of halogens is 3. The van der Waals surface area contributed by atoms with Gasteiger partial charge in [0.1, 0.15) is 15.7 Å². The first-order valence-electron chi connectivity index (χ1n) is 8.25. The zero-order valence-electron chi connectivity index (χ0n) is 15.6. The second kappa shape index (κ2) is 8.86. The fourth-order valence-corrected chi connectivity index (χ4v) is 2.40. The number of carbonyl (C=O) groups is 1. The number of aromatic nitrogens is 4. The van der Waals surface area contributed by atoms with Crippen LogP contribution in [0.1, 0.15) is 19.4 Å². The smallest absolute Gasteiger partial charge is 0.369 e. The number of H-pyrrole nitrogens is 2. The molecule has 14 heteroatoms. The van der Waals surface area contributed by atoms with E-state index < -0.39 is 34.2 Å². The van der Waals surface area contributed by atoms with Gasteiger partial charge in [0.25, 0.3) is 5.69 Å². The van der Waals surface area contributed by atoms with Crippen molar-refractivity contribution in [2.45, 2.75) is 20.0 Å². The first kappa shape index (κ1) is 22.7. The highest BCUT2D eigenvalue weighted by Gasteiger charge is 2.38. The Morgan fingerprint density at radius 3 is 2.60 bits per heavy atom. The van der Waals surface area contributed by atoms with Crippen LogP contribution in [0.3, 0.4) is 0 Å². The number of amides is 1. The summed E-state index contributed by atoms with van der Waals surface area (Å²) in [4.78, 5) is 34.2. The summed E-state index contributed by atoms with van der Waals surface area (Å²) in [7, 11) is 0. The lowest BCUT2D eigenvalue weighted by atomic mass is 10.1. The van der Waals surface area contributed by atoms with E-state index in [1.54, 1.807) is 13.8 Å². The number of anilines is 2. The molecule has 0 aliphatic heterocycles. The topological polar surface area (TPSA) is 156 Å². The van der Waals surface area contributed by atoms with Crippen LogP contribution in [0, 0.1) is 20.7 Å². The number of fused-ring (bicyclic) bond motifs is 1. The van der Waals surface area contributed by atoms with Crippen molar-refractivity contribution in [3.63, 3.8) is 0 Å². The highest BCUT2D eigenvalue weighted by atomic mass is 32.1. The van der Waals surface area contributed by atoms with Gasteiger partial charge in [-0.25, -0.2) is 4.98 Å². The van der Waals surface area contributed by atoms with Gasteiger partial charge in [-0.1, -0.05) is 26.1 Å². The lowest BCUT2D eigenvalue weighted by molar-refractivity contribution is -0.388. The Morgan fingerprint density at radius 1 is 1.37 bits per heavy atom. The molecule has 0 spiro atoms. The molecule has 2 heterocycles. The largest absolute Gasteiger partial charge is 0.423 e. The minimum atomic E-state index is -4.86. The molecule has 0 saturated carbocycles. The number of nitrogens with zero attached hydrogens (tertiary/aromatic N) is 3. The highest BCUT2D eigenvalue weighted by molar-refractivity contribution is 7.71. The molecule has 2 aromatic heterocycles. The molecule has 0 bridgehead atoms. The van der Waals surface area contributed by atoms with Gasteiger partial charge in [0.2, 0.25) is 11.9 Å². The summed E-state index contributed by atoms with van der Waals surface area (Å²) in [6.45, 7) is 3.15. The van der Waals surface area contributed by atoms with Crippen molar-refractivity contribution in [1.82, 2.24) is 19.9 Å². The standard InChI is InChI=1S/C11H11F3N2O3.C5H5N5S/c1-6(2)10(17)15-7-3-4-9(16(18)19)8(5-7)11(12,13)14;6-5-9-3-2(4(11)10-5)7-1-8-3/h3-6H,1-2H3,(H,15,17);1H,(H4,6,7,8,9,10,11). The van der Waals surface area contributed by atoms with Crippen LogP contribution in [-0.2, 0) is 11.0 Å². The number of nitro groups is 1. The second-order valence-corrected chi connectivity index (χ2v) is 6.59. The molecule has 0 aliphatic rings. The van der Waals surface area contributed by atoms with Gasteiger partial charge >= 0.3 is 6.18 Å². The molecule has 5 N–H and O–H groups in total. The van der Waals surface area contributed by atoms with E-state index in [1.165, 1.54) is 6.33 Å². The molecule has 1 aromatic carbocycles. The van der Waals surface area contributed by atoms with Gasteiger partial charge in [-0.15, -0.1) is 0 Å². The van der Waals surface area contributed by atoms with E-state index in [4.69, 9.17) is 18.0 Å². The number of imidazole rings is 1. The third-order valence-electron chi connectivity index (χ3n) is 3.60. The number of carbonyl (C=O) groups excluding carboxylic acids is 1. The Morgan fingerprint density at radius 2 is 2.03 bits per heavy atom. The van der Waals surface area contributed by atoms with E-state index in [2.05, 4.69) is 25.3 Å². The number of rotatable bonds is 3. The molecule has 0 atom stereocenters. The molecule has 3 rings (SSSR count). The van der Waals surface area contributed by atoms with Crippen molar-refractivity contribution in [2.24, 2.45) is 5.92 Å². The normalized spacial score (nSPS) is 11.1. The first-order valence-corrected chi connectivity index (χ1v) is 8.66. The Kier molecular flexibility index (Phi) is 6.71. The first-order chi connectivity index (χ1) is 13.9. The summed E-state index contributed by atoms with van der Waals surface area (Å²) in [6, 6.07) is 2.34. The quantitative estimate of drug-likeness (QED) is 0.272. The van der Waals surface area contributed by atoms with E-state index in [1.807, 2.05) is 0 Å². The molecule has 0 unspecified atom stereocenters. The molecule has 0 aliphatic carbocycles. The van der Waals surface area contributed by atoms with Crippen LogP contribution in [0.15, 0.2) is 24.5 Å². The number of hydrogen-bond acceptors (Lipinski definition) is 7. The van der Waals surface area contributed by atoms with Gasteiger partial charge in [-0.3, -0.25) is 14.9 Å². The molecule has 30 heavy (non-hydrogen) atoms. The van der Waals surface area contributed by atoms with Crippen LogP contribution < -0.4 is 11.1 Å². The average Bonchev–Trinajstić information content (AvgIpc) is 3.10. The summed E-state index contributed by atoms with van der Waals surface area (Å²) >= 11 is 4.95. The molecular formula is C16H16F3N7O3S. The zero-order chi connectivity index (χ0) is 22.6. The minimum absolute atomic E-state index is 0.128. The fraction of sp³-hybridized carbons (Fsp3) is 0.250. The lowest BCUT2D eigenvalue weighted by Crippen LogP contribution is -2.18. The van der Waals surface area contributed by atoms with Gasteiger partial charge in [0, 0.05) is 17.7 Å². The number of nitro benzene ring substituents is 1. The molecule has 0 radical (unpaired) electrons. The summed E-state index contributed by atoms with van der Waals surface area (Å²) in [5, 5.41) is 12.8. The Labute approximate surface area is 171 Å². The van der Waals surface area contributed by atoms with E-state index in [9.17, 15) is 28.1 Å². The van der Waals surface area contributed by atoms with Crippen molar-refractivity contribution >= 4 is 46.6 Å². The van der Waals surface area contributed by atoms with Gasteiger partial charge in [-0.05, 0) is 12.1 Å². The predicted molar refractivity (Wildman–Crippen MR) is 105 cm³/mol. The second-order valence-electron chi connectivity index (χ2n) is 6.18. The van der Waals surface area contributed by atoms with Crippen LogP contribution in [-0.4, -0.2) is 30.8 Å². The maximum absolute atomic E-state index is 12.7. The third-order valence-corrected chi connectivity index (χ3v) is 3.91. The van der Waals surface area contributed by atoms with Gasteiger partial charge in [-0.2, -0.15) is 18.2 Å². The summed E-state index contributed by atoms with van der Waals surface area (Å²) in [5.74, 6) is -0.596. The molecule has 1 amide bonds. The maximum Gasteiger partial charge on any atom is 0.423 e. The lowest BCUT2D eigenvalue weighted by Gasteiger charge is -2.11. The molecule has 160 valence electrons.